The smallest absolute Gasteiger partial charge is 0.0454 e. The van der Waals surface area contributed by atoms with Gasteiger partial charge in [0.1, 0.15) is 0 Å². The van der Waals surface area contributed by atoms with Crippen LogP contribution in [0.25, 0.3) is 10.9 Å². The number of aromatic amines is 1. The second-order valence-corrected chi connectivity index (χ2v) is 6.88. The fourth-order valence-electron chi connectivity index (χ4n) is 3.44. The van der Waals surface area contributed by atoms with Gasteiger partial charge in [0, 0.05) is 43.9 Å². The van der Waals surface area contributed by atoms with E-state index < -0.39 is 0 Å². The van der Waals surface area contributed by atoms with Crippen LogP contribution in [0.3, 0.4) is 0 Å². The first-order chi connectivity index (χ1) is 9.55. The predicted molar refractivity (Wildman–Crippen MR) is 99.4 cm³/mol. The summed E-state index contributed by atoms with van der Waals surface area (Å²) in [4.78, 5) is 5.91. The third kappa shape index (κ3) is 3.96. The molecule has 22 heavy (non-hydrogen) atoms. The average Bonchev–Trinajstić information content (AvgIpc) is 2.86. The van der Waals surface area contributed by atoms with E-state index in [1.807, 2.05) is 6.20 Å². The highest BCUT2D eigenvalue weighted by atomic mass is 35.5. The number of H-pyrrole nitrogens is 1. The number of aromatic nitrogens is 1. The van der Waals surface area contributed by atoms with E-state index in [0.717, 1.165) is 26.2 Å². The van der Waals surface area contributed by atoms with Crippen molar-refractivity contribution in [3.05, 3.63) is 36.0 Å². The first-order valence-corrected chi connectivity index (χ1v) is 7.57. The third-order valence-electron chi connectivity index (χ3n) is 4.23. The zero-order valence-corrected chi connectivity index (χ0v) is 15.2. The summed E-state index contributed by atoms with van der Waals surface area (Å²) in [5.41, 5.74) is 2.90. The Kier molecular flexibility index (Phi) is 6.75. The van der Waals surface area contributed by atoms with Gasteiger partial charge in [0.25, 0.3) is 0 Å². The highest BCUT2D eigenvalue weighted by molar-refractivity contribution is 5.85. The molecule has 0 saturated carbocycles. The number of benzene rings is 1. The van der Waals surface area contributed by atoms with Gasteiger partial charge in [-0.15, -0.1) is 24.8 Å². The van der Waals surface area contributed by atoms with Crippen LogP contribution in [0.4, 0.5) is 0 Å². The summed E-state index contributed by atoms with van der Waals surface area (Å²) in [6.45, 7) is 11.5. The number of nitrogens with zero attached hydrogens (tertiary/aromatic N) is 1. The summed E-state index contributed by atoms with van der Waals surface area (Å²) >= 11 is 0. The second-order valence-electron chi connectivity index (χ2n) is 6.88. The maximum atomic E-state index is 3.45. The number of nitrogens with one attached hydrogen (secondary N) is 2. The van der Waals surface area contributed by atoms with Crippen molar-refractivity contribution in [2.75, 3.05) is 26.2 Å². The van der Waals surface area contributed by atoms with Crippen LogP contribution < -0.4 is 5.32 Å². The minimum atomic E-state index is 0. The number of fused-ring (bicyclic) bond motifs is 1. The molecule has 0 bridgehead atoms. The van der Waals surface area contributed by atoms with Crippen LogP contribution in [0.15, 0.2) is 30.5 Å². The van der Waals surface area contributed by atoms with Crippen molar-refractivity contribution in [3.63, 3.8) is 0 Å². The van der Waals surface area contributed by atoms with Crippen LogP contribution in [-0.2, 0) is 0 Å². The van der Waals surface area contributed by atoms with Gasteiger partial charge < -0.3 is 10.3 Å². The Hall–Kier alpha value is -0.740. The van der Waals surface area contributed by atoms with E-state index in [4.69, 9.17) is 0 Å². The maximum Gasteiger partial charge on any atom is 0.0454 e. The molecule has 1 aromatic carbocycles. The van der Waals surface area contributed by atoms with Crippen LogP contribution >= 0.6 is 24.8 Å². The van der Waals surface area contributed by atoms with Crippen molar-refractivity contribution in [2.24, 2.45) is 5.41 Å². The van der Waals surface area contributed by atoms with Crippen LogP contribution in [0.1, 0.15) is 32.4 Å². The van der Waals surface area contributed by atoms with Gasteiger partial charge in [-0.2, -0.15) is 0 Å². The van der Waals surface area contributed by atoms with E-state index in [0.29, 0.717) is 6.04 Å². The van der Waals surface area contributed by atoms with E-state index >= 15 is 0 Å². The van der Waals surface area contributed by atoms with Gasteiger partial charge in [-0.05, 0) is 34.6 Å². The normalized spacial score (nSPS) is 17.6. The molecule has 1 fully saturated rings. The van der Waals surface area contributed by atoms with E-state index in [-0.39, 0.29) is 30.2 Å². The Balaban J connectivity index is 0.00000121. The predicted octanol–water partition coefficient (Wildman–Crippen LogP) is 4.00. The molecular formula is C17H27Cl2N3. The molecule has 1 aliphatic rings. The van der Waals surface area contributed by atoms with Crippen molar-refractivity contribution in [1.82, 2.24) is 15.2 Å². The number of piperazine rings is 1. The van der Waals surface area contributed by atoms with Gasteiger partial charge in [-0.3, -0.25) is 4.90 Å². The molecule has 3 rings (SSSR count). The Labute approximate surface area is 145 Å². The van der Waals surface area contributed by atoms with E-state index in [1.54, 1.807) is 0 Å². The summed E-state index contributed by atoms with van der Waals surface area (Å²) in [6.07, 6.45) is 2.02. The average molecular weight is 344 g/mol. The summed E-state index contributed by atoms with van der Waals surface area (Å²) in [5, 5.41) is 4.76. The third-order valence-corrected chi connectivity index (χ3v) is 4.23. The van der Waals surface area contributed by atoms with Gasteiger partial charge in [-0.25, -0.2) is 0 Å². The Bertz CT molecular complexity index is 583. The van der Waals surface area contributed by atoms with Crippen molar-refractivity contribution < 1.29 is 0 Å². The van der Waals surface area contributed by atoms with Crippen molar-refractivity contribution in [1.29, 1.82) is 0 Å². The van der Waals surface area contributed by atoms with Gasteiger partial charge >= 0.3 is 0 Å². The van der Waals surface area contributed by atoms with E-state index in [1.165, 1.54) is 16.5 Å². The number of rotatable bonds is 2. The molecule has 2 heterocycles. The monoisotopic (exact) mass is 343 g/mol. The molecule has 3 nitrogen and oxygen atoms in total. The molecule has 1 atom stereocenters. The highest BCUT2D eigenvalue weighted by Gasteiger charge is 2.32. The first-order valence-electron chi connectivity index (χ1n) is 7.57. The van der Waals surface area contributed by atoms with Crippen LogP contribution in [-0.4, -0.2) is 36.1 Å². The summed E-state index contributed by atoms with van der Waals surface area (Å²) in [5.74, 6) is 0. The number of hydrogen-bond donors (Lipinski definition) is 2. The summed E-state index contributed by atoms with van der Waals surface area (Å²) in [6, 6.07) is 9.49. The molecule has 0 aliphatic carbocycles. The molecule has 5 heteroatoms. The van der Waals surface area contributed by atoms with Crippen molar-refractivity contribution in [2.45, 2.75) is 26.8 Å². The molecular weight excluding hydrogens is 317 g/mol. The second kappa shape index (κ2) is 7.69. The topological polar surface area (TPSA) is 31.1 Å². The Morgan fingerprint density at radius 3 is 2.36 bits per heavy atom. The van der Waals surface area contributed by atoms with Crippen LogP contribution in [0, 0.1) is 5.41 Å². The quantitative estimate of drug-likeness (QED) is 0.863. The van der Waals surface area contributed by atoms with E-state index in [9.17, 15) is 0 Å². The molecule has 124 valence electrons. The molecule has 2 aromatic rings. The summed E-state index contributed by atoms with van der Waals surface area (Å²) < 4.78 is 0. The molecule has 1 aromatic heterocycles. The molecule has 2 N–H and O–H groups in total. The highest BCUT2D eigenvalue weighted by Crippen LogP contribution is 2.38. The lowest BCUT2D eigenvalue weighted by Gasteiger charge is -2.42. The largest absolute Gasteiger partial charge is 0.361 e. The van der Waals surface area contributed by atoms with Crippen molar-refractivity contribution >= 4 is 35.7 Å². The lowest BCUT2D eigenvalue weighted by atomic mass is 9.80. The van der Waals surface area contributed by atoms with Gasteiger partial charge in [0.15, 0.2) is 0 Å². The van der Waals surface area contributed by atoms with Crippen LogP contribution in [0.5, 0.6) is 0 Å². The fourth-order valence-corrected chi connectivity index (χ4v) is 3.44. The lowest BCUT2D eigenvalue weighted by molar-refractivity contribution is 0.0863. The number of hydrogen-bond acceptors (Lipinski definition) is 2. The minimum absolute atomic E-state index is 0. The Morgan fingerprint density at radius 1 is 1.05 bits per heavy atom. The zero-order chi connectivity index (χ0) is 14.2. The molecule has 1 aliphatic heterocycles. The van der Waals surface area contributed by atoms with Gasteiger partial charge in [-0.1, -0.05) is 26.8 Å². The maximum absolute atomic E-state index is 3.45. The van der Waals surface area contributed by atoms with Gasteiger partial charge in [0.2, 0.25) is 0 Å². The molecule has 0 amide bonds. The zero-order valence-electron chi connectivity index (χ0n) is 13.6. The Morgan fingerprint density at radius 2 is 1.73 bits per heavy atom. The van der Waals surface area contributed by atoms with E-state index in [2.05, 4.69) is 60.2 Å². The van der Waals surface area contributed by atoms with Crippen LogP contribution in [0.2, 0.25) is 0 Å². The number of halogens is 2. The SMILES string of the molecule is CC(C)(C)[C@H](c1ccc2[nH]ccc2c1)N1CCNCC1.Cl.Cl. The lowest BCUT2D eigenvalue weighted by Crippen LogP contribution is -2.48. The first kappa shape index (κ1) is 19.3. The van der Waals surface area contributed by atoms with Gasteiger partial charge in [0.05, 0.1) is 0 Å². The van der Waals surface area contributed by atoms with Crippen molar-refractivity contribution in [3.8, 4) is 0 Å². The molecule has 0 spiro atoms. The standard InChI is InChI=1S/C17H25N3.2ClH/c1-17(2,3)16(20-10-8-18-9-11-20)14-4-5-15-13(12-14)6-7-19-15;;/h4-7,12,16,18-19H,8-11H2,1-3H3;2*1H/t16-;;/m0../s1. The fraction of sp³-hybridized carbons (Fsp3) is 0.529. The molecule has 0 radical (unpaired) electrons. The molecule has 1 saturated heterocycles. The minimum Gasteiger partial charge on any atom is -0.361 e. The molecule has 0 unspecified atom stereocenters. The summed E-state index contributed by atoms with van der Waals surface area (Å²) in [7, 11) is 0.